The van der Waals surface area contributed by atoms with Crippen molar-refractivity contribution in [3.63, 3.8) is 0 Å². The Morgan fingerprint density at radius 3 is 2.62 bits per heavy atom. The van der Waals surface area contributed by atoms with Crippen molar-refractivity contribution in [1.82, 2.24) is 4.90 Å². The summed E-state index contributed by atoms with van der Waals surface area (Å²) in [6, 6.07) is 3.50. The Morgan fingerprint density at radius 1 is 1.33 bits per heavy atom. The normalized spacial score (nSPS) is 14.0. The van der Waals surface area contributed by atoms with Crippen LogP contribution in [0.2, 0.25) is 0 Å². The van der Waals surface area contributed by atoms with Gasteiger partial charge in [-0.2, -0.15) is 0 Å². The van der Waals surface area contributed by atoms with E-state index in [9.17, 15) is 19.7 Å². The lowest BCUT2D eigenvalue weighted by atomic mass is 10.1. The molecule has 0 aliphatic carbocycles. The molecular weight excluding hydrogens is 278 g/mol. The highest BCUT2D eigenvalue weighted by Crippen LogP contribution is 2.20. The van der Waals surface area contributed by atoms with Gasteiger partial charge >= 0.3 is 5.97 Å². The zero-order chi connectivity index (χ0) is 15.4. The van der Waals surface area contributed by atoms with Crippen LogP contribution < -0.4 is 5.73 Å². The van der Waals surface area contributed by atoms with E-state index in [-0.39, 0.29) is 29.5 Å². The van der Waals surface area contributed by atoms with Gasteiger partial charge in [0.2, 0.25) is 0 Å². The number of hydrogen-bond donors (Lipinski definition) is 1. The SMILES string of the molecule is Nc1ccc([N+](=O)[O-])cc1C(=O)OCC(=O)N1CCCC1. The van der Waals surface area contributed by atoms with Gasteiger partial charge < -0.3 is 15.4 Å². The van der Waals surface area contributed by atoms with Gasteiger partial charge in [-0.25, -0.2) is 4.79 Å². The number of anilines is 1. The topological polar surface area (TPSA) is 116 Å². The number of likely N-dealkylation sites (tertiary alicyclic amines) is 1. The minimum Gasteiger partial charge on any atom is -0.452 e. The van der Waals surface area contributed by atoms with Crippen LogP contribution in [-0.2, 0) is 9.53 Å². The summed E-state index contributed by atoms with van der Waals surface area (Å²) in [6.07, 6.45) is 1.88. The Balaban J connectivity index is 2.01. The molecule has 8 nitrogen and oxygen atoms in total. The number of esters is 1. The smallest absolute Gasteiger partial charge is 0.341 e. The second-order valence-corrected chi connectivity index (χ2v) is 4.69. The lowest BCUT2D eigenvalue weighted by Crippen LogP contribution is -2.32. The molecule has 2 N–H and O–H groups in total. The molecule has 1 heterocycles. The number of nitro groups is 1. The van der Waals surface area contributed by atoms with Crippen LogP contribution in [0, 0.1) is 10.1 Å². The van der Waals surface area contributed by atoms with E-state index < -0.39 is 10.9 Å². The predicted octanol–water partition coefficient (Wildman–Crippen LogP) is 0.956. The summed E-state index contributed by atoms with van der Waals surface area (Å²) in [7, 11) is 0. The molecule has 1 amide bonds. The van der Waals surface area contributed by atoms with E-state index in [0.717, 1.165) is 18.9 Å². The van der Waals surface area contributed by atoms with E-state index in [1.807, 2.05) is 0 Å². The Morgan fingerprint density at radius 2 is 2.00 bits per heavy atom. The Labute approximate surface area is 120 Å². The fraction of sp³-hybridized carbons (Fsp3) is 0.385. The van der Waals surface area contributed by atoms with Gasteiger partial charge in [-0.1, -0.05) is 0 Å². The lowest BCUT2D eigenvalue weighted by molar-refractivity contribution is -0.384. The second-order valence-electron chi connectivity index (χ2n) is 4.69. The molecule has 0 bridgehead atoms. The molecule has 0 saturated carbocycles. The van der Waals surface area contributed by atoms with Crippen molar-refractivity contribution in [1.29, 1.82) is 0 Å². The van der Waals surface area contributed by atoms with Gasteiger partial charge in [0.15, 0.2) is 6.61 Å². The number of nitro benzene ring substituents is 1. The van der Waals surface area contributed by atoms with Gasteiger partial charge in [0.1, 0.15) is 0 Å². The molecule has 1 saturated heterocycles. The van der Waals surface area contributed by atoms with E-state index in [1.54, 1.807) is 4.90 Å². The van der Waals surface area contributed by atoms with Crippen molar-refractivity contribution in [2.75, 3.05) is 25.4 Å². The quantitative estimate of drug-likeness (QED) is 0.382. The van der Waals surface area contributed by atoms with E-state index in [1.165, 1.54) is 12.1 Å². The number of nitrogens with zero attached hydrogens (tertiary/aromatic N) is 2. The number of nitrogen functional groups attached to an aromatic ring is 1. The van der Waals surface area contributed by atoms with Crippen LogP contribution in [0.5, 0.6) is 0 Å². The number of benzene rings is 1. The Kier molecular flexibility index (Phi) is 4.36. The summed E-state index contributed by atoms with van der Waals surface area (Å²) in [5.41, 5.74) is 5.29. The number of nitrogens with two attached hydrogens (primary N) is 1. The molecule has 21 heavy (non-hydrogen) atoms. The Hall–Kier alpha value is -2.64. The van der Waals surface area contributed by atoms with E-state index >= 15 is 0 Å². The summed E-state index contributed by atoms with van der Waals surface area (Å²) >= 11 is 0. The van der Waals surface area contributed by atoms with Gasteiger partial charge in [-0.15, -0.1) is 0 Å². The number of rotatable bonds is 4. The molecule has 0 aromatic heterocycles. The van der Waals surface area contributed by atoms with Crippen molar-refractivity contribution in [3.05, 3.63) is 33.9 Å². The van der Waals surface area contributed by atoms with Crippen molar-refractivity contribution < 1.29 is 19.2 Å². The van der Waals surface area contributed by atoms with Crippen LogP contribution in [0.1, 0.15) is 23.2 Å². The molecule has 0 atom stereocenters. The van der Waals surface area contributed by atoms with Gasteiger partial charge in [0.25, 0.3) is 11.6 Å². The van der Waals surface area contributed by atoms with E-state index in [2.05, 4.69) is 0 Å². The van der Waals surface area contributed by atoms with Crippen molar-refractivity contribution in [3.8, 4) is 0 Å². The fourth-order valence-corrected chi connectivity index (χ4v) is 2.10. The van der Waals surface area contributed by atoms with Crippen LogP contribution >= 0.6 is 0 Å². The van der Waals surface area contributed by atoms with Crippen LogP contribution in [0.4, 0.5) is 11.4 Å². The highest BCUT2D eigenvalue weighted by Gasteiger charge is 2.21. The Bertz CT molecular complexity index is 581. The minimum atomic E-state index is -0.844. The highest BCUT2D eigenvalue weighted by atomic mass is 16.6. The molecule has 1 aliphatic rings. The van der Waals surface area contributed by atoms with Crippen LogP contribution in [0.25, 0.3) is 0 Å². The molecular formula is C13H15N3O5. The van der Waals surface area contributed by atoms with Crippen LogP contribution in [0.3, 0.4) is 0 Å². The number of non-ortho nitro benzene ring substituents is 1. The third-order valence-electron chi connectivity index (χ3n) is 3.25. The molecule has 0 radical (unpaired) electrons. The van der Waals surface area contributed by atoms with E-state index in [0.29, 0.717) is 13.1 Å². The molecule has 2 rings (SSSR count). The van der Waals surface area contributed by atoms with Crippen molar-refractivity contribution >= 4 is 23.3 Å². The average molecular weight is 293 g/mol. The lowest BCUT2D eigenvalue weighted by Gasteiger charge is -2.15. The van der Waals surface area contributed by atoms with Crippen LogP contribution in [0.15, 0.2) is 18.2 Å². The molecule has 112 valence electrons. The maximum Gasteiger partial charge on any atom is 0.341 e. The van der Waals surface area contributed by atoms with Crippen LogP contribution in [-0.4, -0.2) is 41.4 Å². The minimum absolute atomic E-state index is 0.0687. The summed E-state index contributed by atoms with van der Waals surface area (Å²) in [4.78, 5) is 35.3. The largest absolute Gasteiger partial charge is 0.452 e. The second kappa shape index (κ2) is 6.21. The maximum atomic E-state index is 11.9. The summed E-state index contributed by atoms with van der Waals surface area (Å²) in [5.74, 6) is -1.12. The molecule has 1 fully saturated rings. The average Bonchev–Trinajstić information content (AvgIpc) is 2.98. The van der Waals surface area contributed by atoms with Gasteiger partial charge in [-0.3, -0.25) is 14.9 Å². The third kappa shape index (κ3) is 3.47. The van der Waals surface area contributed by atoms with Crippen molar-refractivity contribution in [2.45, 2.75) is 12.8 Å². The number of carbonyl (C=O) groups excluding carboxylic acids is 2. The first-order valence-electron chi connectivity index (χ1n) is 6.48. The number of amides is 1. The first-order valence-corrected chi connectivity index (χ1v) is 6.48. The molecule has 0 spiro atoms. The molecule has 1 aromatic rings. The standard InChI is InChI=1S/C13H15N3O5/c14-11-4-3-9(16(19)20)7-10(11)13(18)21-8-12(17)15-5-1-2-6-15/h3-4,7H,1-2,5-6,8,14H2. The predicted molar refractivity (Wildman–Crippen MR) is 73.6 cm³/mol. The monoisotopic (exact) mass is 293 g/mol. The fourth-order valence-electron chi connectivity index (χ4n) is 2.10. The van der Waals surface area contributed by atoms with Crippen molar-refractivity contribution in [2.24, 2.45) is 0 Å². The summed E-state index contributed by atoms with van der Waals surface area (Å²) < 4.78 is 4.89. The molecule has 8 heteroatoms. The number of hydrogen-bond acceptors (Lipinski definition) is 6. The first kappa shape index (κ1) is 14.8. The summed E-state index contributed by atoms with van der Waals surface area (Å²) in [6.45, 7) is 0.936. The zero-order valence-electron chi connectivity index (χ0n) is 11.3. The number of ether oxygens (including phenoxy) is 1. The first-order chi connectivity index (χ1) is 9.99. The summed E-state index contributed by atoms with van der Waals surface area (Å²) in [5, 5.41) is 10.7. The van der Waals surface area contributed by atoms with Gasteiger partial charge in [0.05, 0.1) is 10.5 Å². The zero-order valence-corrected chi connectivity index (χ0v) is 11.3. The molecule has 0 unspecified atom stereocenters. The highest BCUT2D eigenvalue weighted by molar-refractivity contribution is 5.97. The number of carbonyl (C=O) groups is 2. The maximum absolute atomic E-state index is 11.9. The molecule has 1 aromatic carbocycles. The third-order valence-corrected chi connectivity index (χ3v) is 3.25. The van der Waals surface area contributed by atoms with E-state index in [4.69, 9.17) is 10.5 Å². The van der Waals surface area contributed by atoms with Gasteiger partial charge in [0, 0.05) is 30.9 Å². The van der Waals surface area contributed by atoms with Gasteiger partial charge in [-0.05, 0) is 18.9 Å². The molecule has 1 aliphatic heterocycles.